The summed E-state index contributed by atoms with van der Waals surface area (Å²) in [5.74, 6) is 0.882. The van der Waals surface area contributed by atoms with Crippen LogP contribution in [0, 0.1) is 17.3 Å². The number of hydrogen-bond donors (Lipinski definition) is 0. The van der Waals surface area contributed by atoms with Gasteiger partial charge in [-0.2, -0.15) is 0 Å². The van der Waals surface area contributed by atoms with Gasteiger partial charge in [0.2, 0.25) is 0 Å². The first kappa shape index (κ1) is 7.08. The van der Waals surface area contributed by atoms with Crippen molar-refractivity contribution < 1.29 is 4.79 Å². The SMILES string of the molecule is CC1C(C=O)CC=CC12CC2. The summed E-state index contributed by atoms with van der Waals surface area (Å²) in [6, 6.07) is 0. The molecule has 0 aliphatic heterocycles. The predicted molar refractivity (Wildman–Crippen MR) is 44.1 cm³/mol. The first-order valence-corrected chi connectivity index (χ1v) is 4.41. The third-order valence-electron chi connectivity index (χ3n) is 3.41. The van der Waals surface area contributed by atoms with Gasteiger partial charge in [-0.15, -0.1) is 0 Å². The van der Waals surface area contributed by atoms with Crippen LogP contribution in [0.15, 0.2) is 12.2 Å². The van der Waals surface area contributed by atoms with Gasteiger partial charge in [-0.3, -0.25) is 0 Å². The van der Waals surface area contributed by atoms with Gasteiger partial charge < -0.3 is 4.79 Å². The number of allylic oxidation sites excluding steroid dienone is 2. The fraction of sp³-hybridized carbons (Fsp3) is 0.700. The minimum atomic E-state index is 0.294. The van der Waals surface area contributed by atoms with Crippen LogP contribution in [0.25, 0.3) is 0 Å². The minimum Gasteiger partial charge on any atom is -0.303 e. The summed E-state index contributed by atoms with van der Waals surface area (Å²) in [5, 5.41) is 0. The highest BCUT2D eigenvalue weighted by Crippen LogP contribution is 2.57. The number of rotatable bonds is 1. The normalized spacial score (nSPS) is 39.0. The highest BCUT2D eigenvalue weighted by atomic mass is 16.1. The molecule has 1 nitrogen and oxygen atoms in total. The maximum absolute atomic E-state index is 10.7. The molecule has 1 spiro atoms. The number of carbonyl (C=O) groups is 1. The third kappa shape index (κ3) is 0.943. The molecule has 0 aromatic carbocycles. The van der Waals surface area contributed by atoms with Crippen molar-refractivity contribution in [2.24, 2.45) is 17.3 Å². The van der Waals surface area contributed by atoms with Crippen LogP contribution in [0.4, 0.5) is 0 Å². The second-order valence-electron chi connectivity index (χ2n) is 3.96. The Morgan fingerprint density at radius 1 is 1.55 bits per heavy atom. The van der Waals surface area contributed by atoms with E-state index in [1.807, 2.05) is 0 Å². The van der Waals surface area contributed by atoms with Gasteiger partial charge in [0.15, 0.2) is 0 Å². The van der Waals surface area contributed by atoms with Gasteiger partial charge in [-0.05, 0) is 30.6 Å². The number of aldehydes is 1. The van der Waals surface area contributed by atoms with E-state index in [4.69, 9.17) is 0 Å². The zero-order valence-electron chi connectivity index (χ0n) is 6.92. The monoisotopic (exact) mass is 150 g/mol. The lowest BCUT2D eigenvalue weighted by atomic mass is 9.75. The van der Waals surface area contributed by atoms with E-state index < -0.39 is 0 Å². The molecule has 1 heteroatoms. The van der Waals surface area contributed by atoms with E-state index in [1.165, 1.54) is 12.8 Å². The van der Waals surface area contributed by atoms with Crippen molar-refractivity contribution in [2.45, 2.75) is 26.2 Å². The Morgan fingerprint density at radius 3 is 2.82 bits per heavy atom. The number of carbonyl (C=O) groups excluding carboxylic acids is 1. The van der Waals surface area contributed by atoms with E-state index in [0.29, 0.717) is 17.3 Å². The summed E-state index contributed by atoms with van der Waals surface area (Å²) in [4.78, 5) is 10.7. The molecule has 0 saturated heterocycles. The standard InChI is InChI=1S/C10H14O/c1-8-9(7-11)3-2-4-10(8)5-6-10/h2,4,7-9H,3,5-6H2,1H3. The predicted octanol–water partition coefficient (Wildman–Crippen LogP) is 2.18. The Kier molecular flexibility index (Phi) is 1.41. The zero-order chi connectivity index (χ0) is 7.90. The molecule has 60 valence electrons. The van der Waals surface area contributed by atoms with Crippen molar-refractivity contribution in [3.63, 3.8) is 0 Å². The maximum atomic E-state index is 10.7. The Bertz CT molecular complexity index is 201. The van der Waals surface area contributed by atoms with Crippen molar-refractivity contribution in [3.8, 4) is 0 Å². The smallest absolute Gasteiger partial charge is 0.123 e. The van der Waals surface area contributed by atoms with Crippen molar-refractivity contribution in [2.75, 3.05) is 0 Å². The molecule has 0 amide bonds. The summed E-state index contributed by atoms with van der Waals surface area (Å²) in [5.41, 5.74) is 0.448. The lowest BCUT2D eigenvalue weighted by molar-refractivity contribution is -0.113. The number of hydrogen-bond acceptors (Lipinski definition) is 1. The van der Waals surface area contributed by atoms with Crippen LogP contribution in [0.2, 0.25) is 0 Å². The van der Waals surface area contributed by atoms with E-state index in [1.54, 1.807) is 0 Å². The topological polar surface area (TPSA) is 17.1 Å². The molecule has 11 heavy (non-hydrogen) atoms. The minimum absolute atomic E-state index is 0.294. The Balaban J connectivity index is 2.20. The van der Waals surface area contributed by atoms with Crippen molar-refractivity contribution in [3.05, 3.63) is 12.2 Å². The highest BCUT2D eigenvalue weighted by Gasteiger charge is 2.48. The Hall–Kier alpha value is -0.590. The van der Waals surface area contributed by atoms with E-state index in [-0.39, 0.29) is 0 Å². The molecule has 0 heterocycles. The average molecular weight is 150 g/mol. The molecule has 2 unspecified atom stereocenters. The summed E-state index contributed by atoms with van der Waals surface area (Å²) in [6.07, 6.45) is 9.22. The molecule has 0 bridgehead atoms. The van der Waals surface area contributed by atoms with E-state index in [9.17, 15) is 4.79 Å². The van der Waals surface area contributed by atoms with Crippen LogP contribution in [0.3, 0.4) is 0 Å². The molecule has 0 aromatic rings. The second kappa shape index (κ2) is 2.20. The Labute approximate surface area is 67.5 Å². The first-order valence-electron chi connectivity index (χ1n) is 4.41. The largest absolute Gasteiger partial charge is 0.303 e. The van der Waals surface area contributed by atoms with Crippen LogP contribution >= 0.6 is 0 Å². The van der Waals surface area contributed by atoms with E-state index >= 15 is 0 Å². The van der Waals surface area contributed by atoms with Crippen LogP contribution in [-0.4, -0.2) is 6.29 Å². The molecule has 2 aliphatic rings. The highest BCUT2D eigenvalue weighted by molar-refractivity contribution is 5.55. The maximum Gasteiger partial charge on any atom is 0.123 e. The summed E-state index contributed by atoms with van der Waals surface area (Å²) in [6.45, 7) is 2.22. The summed E-state index contributed by atoms with van der Waals surface area (Å²) >= 11 is 0. The van der Waals surface area contributed by atoms with Crippen LogP contribution in [0.5, 0.6) is 0 Å². The van der Waals surface area contributed by atoms with Gasteiger partial charge in [0.25, 0.3) is 0 Å². The van der Waals surface area contributed by atoms with Gasteiger partial charge in [-0.1, -0.05) is 19.1 Å². The molecule has 0 radical (unpaired) electrons. The average Bonchev–Trinajstić information content (AvgIpc) is 2.77. The lowest BCUT2D eigenvalue weighted by Gasteiger charge is -2.28. The van der Waals surface area contributed by atoms with E-state index in [2.05, 4.69) is 19.1 Å². The van der Waals surface area contributed by atoms with Gasteiger partial charge in [0.1, 0.15) is 6.29 Å². The second-order valence-corrected chi connectivity index (χ2v) is 3.96. The van der Waals surface area contributed by atoms with Crippen LogP contribution in [0.1, 0.15) is 26.2 Å². The molecular formula is C10H14O. The first-order chi connectivity index (χ1) is 5.28. The van der Waals surface area contributed by atoms with Crippen LogP contribution < -0.4 is 0 Å². The fourth-order valence-corrected chi connectivity index (χ4v) is 2.18. The lowest BCUT2D eigenvalue weighted by Crippen LogP contribution is -2.24. The van der Waals surface area contributed by atoms with Gasteiger partial charge in [0.05, 0.1) is 0 Å². The van der Waals surface area contributed by atoms with Crippen LogP contribution in [-0.2, 0) is 4.79 Å². The molecule has 0 N–H and O–H groups in total. The summed E-state index contributed by atoms with van der Waals surface area (Å²) in [7, 11) is 0. The van der Waals surface area contributed by atoms with E-state index in [0.717, 1.165) is 12.7 Å². The molecule has 0 aromatic heterocycles. The zero-order valence-corrected chi connectivity index (χ0v) is 6.92. The molecule has 2 rings (SSSR count). The fourth-order valence-electron chi connectivity index (χ4n) is 2.18. The van der Waals surface area contributed by atoms with Crippen molar-refractivity contribution in [1.82, 2.24) is 0 Å². The van der Waals surface area contributed by atoms with Crippen molar-refractivity contribution >= 4 is 6.29 Å². The molecule has 1 fully saturated rings. The summed E-state index contributed by atoms with van der Waals surface area (Å²) < 4.78 is 0. The molecule has 2 atom stereocenters. The van der Waals surface area contributed by atoms with Gasteiger partial charge >= 0.3 is 0 Å². The quantitative estimate of drug-likeness (QED) is 0.413. The molecule has 1 saturated carbocycles. The van der Waals surface area contributed by atoms with Crippen molar-refractivity contribution in [1.29, 1.82) is 0 Å². The molecular weight excluding hydrogens is 136 g/mol. The third-order valence-corrected chi connectivity index (χ3v) is 3.41. The van der Waals surface area contributed by atoms with Gasteiger partial charge in [0, 0.05) is 5.92 Å². The van der Waals surface area contributed by atoms with Gasteiger partial charge in [-0.25, -0.2) is 0 Å². The Morgan fingerprint density at radius 2 is 2.27 bits per heavy atom. The molecule has 2 aliphatic carbocycles.